The van der Waals surface area contributed by atoms with Gasteiger partial charge in [-0.05, 0) is 162 Å². The second-order valence-corrected chi connectivity index (χ2v) is 22.0. The Bertz CT molecular complexity index is 4430. The van der Waals surface area contributed by atoms with Crippen molar-refractivity contribution in [2.24, 2.45) is 0 Å². The van der Waals surface area contributed by atoms with Crippen LogP contribution in [0.25, 0.3) is 104 Å². The second-order valence-electron chi connectivity index (χ2n) is 20.9. The van der Waals surface area contributed by atoms with Gasteiger partial charge in [0.05, 0.1) is 0 Å². The van der Waals surface area contributed by atoms with Crippen LogP contribution in [0.15, 0.2) is 328 Å². The van der Waals surface area contributed by atoms with Gasteiger partial charge in [0.2, 0.25) is 0 Å². The molecule has 0 unspecified atom stereocenters. The first-order valence-corrected chi connectivity index (χ1v) is 29.0. The molecule has 392 valence electrons. The molecule has 0 aliphatic carbocycles. The third-order valence-electron chi connectivity index (χ3n) is 15.9. The molecule has 14 aromatic rings. The van der Waals surface area contributed by atoms with E-state index in [2.05, 4.69) is 338 Å². The first kappa shape index (κ1) is 50.6. The van der Waals surface area contributed by atoms with Gasteiger partial charge in [0.25, 0.3) is 0 Å². The minimum Gasteiger partial charge on any atom is -0.311 e. The van der Waals surface area contributed by atoms with Crippen LogP contribution in [0.1, 0.15) is 5.56 Å². The lowest BCUT2D eigenvalue weighted by Crippen LogP contribution is -2.10. The molecule has 0 spiro atoms. The Hall–Kier alpha value is -10.6. The van der Waals surface area contributed by atoms with Crippen LogP contribution < -0.4 is 9.80 Å². The highest BCUT2D eigenvalue weighted by atomic mass is 32.1. The van der Waals surface area contributed by atoms with Gasteiger partial charge in [0.15, 0.2) is 0 Å². The molecule has 3 heteroatoms. The summed E-state index contributed by atoms with van der Waals surface area (Å²) in [6, 6.07) is 117. The number of nitrogens with zero attached hydrogens (tertiary/aromatic N) is 2. The van der Waals surface area contributed by atoms with Gasteiger partial charge in [-0.1, -0.05) is 255 Å². The van der Waals surface area contributed by atoms with Crippen molar-refractivity contribution in [3.8, 4) is 77.9 Å². The normalized spacial score (nSPS) is 11.2. The van der Waals surface area contributed by atoms with Gasteiger partial charge in [-0.3, -0.25) is 0 Å². The predicted octanol–water partition coefficient (Wildman–Crippen LogP) is 23.3. The molecule has 1 aromatic heterocycles. The lowest BCUT2D eigenvalue weighted by Gasteiger charge is -2.27. The zero-order valence-corrected chi connectivity index (χ0v) is 46.5. The summed E-state index contributed by atoms with van der Waals surface area (Å²) in [6.45, 7) is 3.91. The van der Waals surface area contributed by atoms with Crippen molar-refractivity contribution < 1.29 is 0 Å². The Morgan fingerprint density at radius 2 is 0.494 bits per heavy atom. The van der Waals surface area contributed by atoms with Crippen LogP contribution in [-0.2, 0) is 0 Å². The molecule has 83 heavy (non-hydrogen) atoms. The standard InChI is InChI=1S/C80H56N2S/c1-2-56-20-22-59(23-21-56)60-24-26-61(27-25-60)65-36-48-72(49-37-65)82(73-50-38-66(39-51-73)62-28-30-69(31-29-62)76-17-11-18-78-77-16-9-10-19-79(77)83-80(76)78)75-54-42-68(43-55-75)67-40-52-74(53-41-67)81(70-44-32-63(33-45-70)57-12-5-3-6-13-57)71-46-34-64(35-47-71)58-14-7-4-8-15-58/h2-55H,1H2. The van der Waals surface area contributed by atoms with E-state index < -0.39 is 0 Å². The van der Waals surface area contributed by atoms with Gasteiger partial charge in [-0.25, -0.2) is 0 Å². The molecular weight excluding hydrogens is 1020 g/mol. The van der Waals surface area contributed by atoms with Crippen LogP contribution in [0.5, 0.6) is 0 Å². The zero-order chi connectivity index (χ0) is 55.5. The lowest BCUT2D eigenvalue weighted by molar-refractivity contribution is 1.28. The molecule has 0 aliphatic heterocycles. The molecule has 13 aromatic carbocycles. The topological polar surface area (TPSA) is 6.48 Å². The smallest absolute Gasteiger partial charge is 0.0462 e. The monoisotopic (exact) mass is 1080 g/mol. The van der Waals surface area contributed by atoms with Crippen LogP contribution in [0, 0.1) is 0 Å². The van der Waals surface area contributed by atoms with Crippen molar-refractivity contribution in [3.05, 3.63) is 334 Å². The summed E-state index contributed by atoms with van der Waals surface area (Å²) in [4.78, 5) is 4.70. The van der Waals surface area contributed by atoms with Crippen LogP contribution in [0.4, 0.5) is 34.1 Å². The lowest BCUT2D eigenvalue weighted by atomic mass is 9.98. The van der Waals surface area contributed by atoms with Gasteiger partial charge in [-0.2, -0.15) is 0 Å². The Labute approximate surface area is 490 Å². The summed E-state index contributed by atoms with van der Waals surface area (Å²) in [5.74, 6) is 0. The van der Waals surface area contributed by atoms with E-state index in [0.29, 0.717) is 0 Å². The van der Waals surface area contributed by atoms with Crippen LogP contribution in [-0.4, -0.2) is 0 Å². The van der Waals surface area contributed by atoms with E-state index in [1.54, 1.807) is 0 Å². The van der Waals surface area contributed by atoms with Crippen LogP contribution in [0.3, 0.4) is 0 Å². The van der Waals surface area contributed by atoms with Crippen molar-refractivity contribution >= 4 is 71.7 Å². The van der Waals surface area contributed by atoms with E-state index in [1.807, 2.05) is 17.4 Å². The molecular formula is C80H56N2S. The molecule has 0 aliphatic rings. The van der Waals surface area contributed by atoms with E-state index in [9.17, 15) is 0 Å². The van der Waals surface area contributed by atoms with Crippen LogP contribution >= 0.6 is 11.3 Å². The minimum atomic E-state index is 1.07. The fraction of sp³-hybridized carbons (Fsp3) is 0. The number of fused-ring (bicyclic) bond motifs is 3. The molecule has 1 heterocycles. The number of benzene rings is 13. The molecule has 0 bridgehead atoms. The fourth-order valence-corrected chi connectivity index (χ4v) is 12.7. The van der Waals surface area contributed by atoms with Crippen molar-refractivity contribution in [1.29, 1.82) is 0 Å². The highest BCUT2D eigenvalue weighted by molar-refractivity contribution is 7.26. The number of thiophene rings is 1. The maximum Gasteiger partial charge on any atom is 0.0462 e. The van der Waals surface area contributed by atoms with Gasteiger partial charge in [0.1, 0.15) is 0 Å². The van der Waals surface area contributed by atoms with Gasteiger partial charge < -0.3 is 9.80 Å². The summed E-state index contributed by atoms with van der Waals surface area (Å²) < 4.78 is 2.65. The Balaban J connectivity index is 0.763. The van der Waals surface area contributed by atoms with E-state index in [1.165, 1.54) is 81.4 Å². The number of hydrogen-bond acceptors (Lipinski definition) is 3. The molecule has 0 amide bonds. The average molecular weight is 1080 g/mol. The van der Waals surface area contributed by atoms with Crippen LogP contribution in [0.2, 0.25) is 0 Å². The predicted molar refractivity (Wildman–Crippen MR) is 357 cm³/mol. The van der Waals surface area contributed by atoms with Crippen molar-refractivity contribution in [1.82, 2.24) is 0 Å². The summed E-state index contributed by atoms with van der Waals surface area (Å²) >= 11 is 1.87. The molecule has 14 rings (SSSR count). The minimum absolute atomic E-state index is 1.07. The molecule has 0 saturated carbocycles. The van der Waals surface area contributed by atoms with E-state index in [-0.39, 0.29) is 0 Å². The molecule has 0 saturated heterocycles. The maximum absolute atomic E-state index is 3.91. The highest BCUT2D eigenvalue weighted by Gasteiger charge is 2.18. The SMILES string of the molecule is C=Cc1ccc(-c2ccc(-c3ccc(N(c4ccc(-c5ccc(-c6cccc7c6sc6ccccc67)cc5)cc4)c4ccc(-c5ccc(N(c6ccc(-c7ccccc7)cc6)c6ccc(-c7ccccc7)cc6)cc5)cc4)cc3)cc2)cc1. The molecule has 0 atom stereocenters. The molecule has 0 fully saturated rings. The Kier molecular flexibility index (Phi) is 13.7. The quantitative estimate of drug-likeness (QED) is 0.107. The van der Waals surface area contributed by atoms with E-state index in [4.69, 9.17) is 0 Å². The summed E-state index contributed by atoms with van der Waals surface area (Å²) in [7, 11) is 0. The Morgan fingerprint density at radius 3 is 0.831 bits per heavy atom. The largest absolute Gasteiger partial charge is 0.311 e. The molecule has 0 N–H and O–H groups in total. The third-order valence-corrected chi connectivity index (χ3v) is 17.2. The zero-order valence-electron chi connectivity index (χ0n) is 45.7. The van der Waals surface area contributed by atoms with Crippen molar-refractivity contribution in [2.75, 3.05) is 9.80 Å². The second kappa shape index (κ2) is 22.5. The highest BCUT2D eigenvalue weighted by Crippen LogP contribution is 2.43. The first-order valence-electron chi connectivity index (χ1n) is 28.2. The van der Waals surface area contributed by atoms with Gasteiger partial charge in [0, 0.05) is 54.3 Å². The van der Waals surface area contributed by atoms with E-state index in [0.717, 1.165) is 56.4 Å². The van der Waals surface area contributed by atoms with Gasteiger partial charge in [-0.15, -0.1) is 11.3 Å². The summed E-state index contributed by atoms with van der Waals surface area (Å²) in [6.07, 6.45) is 1.88. The third kappa shape index (κ3) is 10.3. The number of anilines is 6. The first-order chi connectivity index (χ1) is 41.1. The number of rotatable bonds is 14. The van der Waals surface area contributed by atoms with Crippen molar-refractivity contribution in [2.45, 2.75) is 0 Å². The number of hydrogen-bond donors (Lipinski definition) is 0. The summed E-state index contributed by atoms with van der Waals surface area (Å²) in [5.41, 5.74) is 24.2. The Morgan fingerprint density at radius 1 is 0.229 bits per heavy atom. The molecule has 0 radical (unpaired) electrons. The average Bonchev–Trinajstić information content (AvgIpc) is 4.16. The van der Waals surface area contributed by atoms with Crippen molar-refractivity contribution in [3.63, 3.8) is 0 Å². The summed E-state index contributed by atoms with van der Waals surface area (Å²) in [5, 5.41) is 2.64. The van der Waals surface area contributed by atoms with E-state index >= 15 is 0 Å². The maximum atomic E-state index is 3.91. The van der Waals surface area contributed by atoms with Gasteiger partial charge >= 0.3 is 0 Å². The fourth-order valence-electron chi connectivity index (χ4n) is 11.5. The molecule has 2 nitrogen and oxygen atoms in total.